The van der Waals surface area contributed by atoms with E-state index in [1.165, 1.54) is 0 Å². The minimum absolute atomic E-state index is 0. The van der Waals surface area contributed by atoms with Crippen LogP contribution < -0.4 is 0 Å². The predicted octanol–water partition coefficient (Wildman–Crippen LogP) is -0.621. The summed E-state index contributed by atoms with van der Waals surface area (Å²) in [5.74, 6) is 0. The van der Waals surface area contributed by atoms with Gasteiger partial charge >= 0.3 is 54.6 Å². The molecule has 0 aliphatic carbocycles. The molecule has 0 unspecified atom stereocenters. The molecule has 0 atom stereocenters. The quantitative estimate of drug-likeness (QED) is 0.522. The molecule has 0 bridgehead atoms. The van der Waals surface area contributed by atoms with Crippen molar-refractivity contribution in [1.82, 2.24) is 0 Å². The number of rotatable bonds is 0. The summed E-state index contributed by atoms with van der Waals surface area (Å²) < 4.78 is 0. The second-order valence-electron chi connectivity index (χ2n) is 0. The molecule has 4 heavy (non-hydrogen) atoms. The zero-order valence-corrected chi connectivity index (χ0v) is 9.95. The van der Waals surface area contributed by atoms with Crippen molar-refractivity contribution in [3.05, 3.63) is 0 Å². The Balaban J connectivity index is 0. The van der Waals surface area contributed by atoms with Gasteiger partial charge in [0.1, 0.15) is 0 Å². The van der Waals surface area contributed by atoms with Crippen LogP contribution in [-0.4, -0.2) is 27.3 Å². The van der Waals surface area contributed by atoms with E-state index in [2.05, 4.69) is 0 Å². The fourth-order valence-corrected chi connectivity index (χ4v) is 0. The smallest absolute Gasteiger partial charge is 2.00 e. The Morgan fingerprint density at radius 2 is 0.750 bits per heavy atom. The van der Waals surface area contributed by atoms with Crippen molar-refractivity contribution in [1.29, 1.82) is 0 Å². The van der Waals surface area contributed by atoms with Crippen LogP contribution in [0.5, 0.6) is 0 Å². The van der Waals surface area contributed by atoms with Gasteiger partial charge in [-0.25, -0.2) is 0 Å². The Morgan fingerprint density at radius 1 is 0.750 bits per heavy atom. The van der Waals surface area contributed by atoms with Crippen molar-refractivity contribution in [2.75, 3.05) is 0 Å². The van der Waals surface area contributed by atoms with Gasteiger partial charge in [0, 0.05) is 0 Å². The molecule has 2 nitrogen and oxygen atoms in total. The standard InChI is InChI=1S/Cd.2O.Pb/q+2;2*-2;+2. The molecule has 2 radical (unpaired) electrons. The third-order valence-corrected chi connectivity index (χ3v) is 0. The van der Waals surface area contributed by atoms with Crippen molar-refractivity contribution in [2.24, 2.45) is 0 Å². The predicted molar refractivity (Wildman–Crippen MR) is 7.13 cm³/mol. The summed E-state index contributed by atoms with van der Waals surface area (Å²) >= 11 is 0. The maximum Gasteiger partial charge on any atom is 2.00 e. The van der Waals surface area contributed by atoms with Crippen molar-refractivity contribution < 1.29 is 38.3 Å². The molecular formula is CdO2Pb. The first-order valence-corrected chi connectivity index (χ1v) is 0. The van der Waals surface area contributed by atoms with Gasteiger partial charge in [0.25, 0.3) is 0 Å². The van der Waals surface area contributed by atoms with E-state index in [0.717, 1.165) is 0 Å². The topological polar surface area (TPSA) is 57.0 Å². The summed E-state index contributed by atoms with van der Waals surface area (Å²) in [5.41, 5.74) is 0. The molecule has 0 fully saturated rings. The van der Waals surface area contributed by atoms with Crippen LogP contribution in [0.2, 0.25) is 0 Å². The van der Waals surface area contributed by atoms with E-state index in [1.807, 2.05) is 0 Å². The summed E-state index contributed by atoms with van der Waals surface area (Å²) in [6.07, 6.45) is 0. The van der Waals surface area contributed by atoms with E-state index in [9.17, 15) is 0 Å². The number of hydrogen-bond donors (Lipinski definition) is 0. The van der Waals surface area contributed by atoms with Gasteiger partial charge in [0.2, 0.25) is 0 Å². The zero-order chi connectivity index (χ0) is 0. The third kappa shape index (κ3) is 9.24. The van der Waals surface area contributed by atoms with E-state index in [0.29, 0.717) is 0 Å². The largest absolute Gasteiger partial charge is 2.00 e. The average Bonchev–Trinajstić information content (AvgIpc) is 0. The van der Waals surface area contributed by atoms with Gasteiger partial charge in [-0.1, -0.05) is 0 Å². The fraction of sp³-hybridized carbons (Fsp3) is 0. The monoisotopic (exact) mass is 354 g/mol. The molecule has 0 aromatic rings. The van der Waals surface area contributed by atoms with Crippen LogP contribution in [0.15, 0.2) is 0 Å². The first kappa shape index (κ1) is 42.0. The van der Waals surface area contributed by atoms with Crippen LogP contribution in [0.4, 0.5) is 0 Å². The molecule has 0 rings (SSSR count). The summed E-state index contributed by atoms with van der Waals surface area (Å²) in [6, 6.07) is 0. The SMILES string of the molecule is [Cd+2].[O-2].[O-2].[Pb+2]. The molecule has 0 spiro atoms. The van der Waals surface area contributed by atoms with Crippen LogP contribution in [0.25, 0.3) is 0 Å². The van der Waals surface area contributed by atoms with Crippen LogP contribution in [0, 0.1) is 0 Å². The molecule has 0 heterocycles. The molecule has 0 aromatic carbocycles. The summed E-state index contributed by atoms with van der Waals surface area (Å²) in [6.45, 7) is 0. The Morgan fingerprint density at radius 3 is 0.750 bits per heavy atom. The maximum atomic E-state index is 0. The van der Waals surface area contributed by atoms with Gasteiger partial charge in [0.15, 0.2) is 0 Å². The van der Waals surface area contributed by atoms with E-state index in [4.69, 9.17) is 0 Å². The van der Waals surface area contributed by atoms with Crippen LogP contribution >= 0.6 is 0 Å². The molecule has 0 amide bonds. The second kappa shape index (κ2) is 21.7. The Hall–Kier alpha value is 1.76. The molecule has 18 valence electrons. The van der Waals surface area contributed by atoms with E-state index in [1.54, 1.807) is 0 Å². The van der Waals surface area contributed by atoms with Gasteiger partial charge in [-0.2, -0.15) is 0 Å². The minimum Gasteiger partial charge on any atom is -2.00 e. The minimum atomic E-state index is 0. The average molecular weight is 352 g/mol. The molecule has 0 saturated carbocycles. The second-order valence-corrected chi connectivity index (χ2v) is 0. The van der Waals surface area contributed by atoms with E-state index < -0.39 is 0 Å². The summed E-state index contributed by atoms with van der Waals surface area (Å²) in [5, 5.41) is 0. The van der Waals surface area contributed by atoms with Crippen molar-refractivity contribution in [3.63, 3.8) is 0 Å². The number of hydrogen-bond acceptors (Lipinski definition) is 0. The molecule has 0 saturated heterocycles. The van der Waals surface area contributed by atoms with E-state index >= 15 is 0 Å². The Bertz CT molecular complexity index is 6.00. The summed E-state index contributed by atoms with van der Waals surface area (Å²) in [4.78, 5) is 0. The molecule has 0 aromatic heterocycles. The zero-order valence-electron chi connectivity index (χ0n) is 2.02. The summed E-state index contributed by atoms with van der Waals surface area (Å²) in [7, 11) is 0. The van der Waals surface area contributed by atoms with Gasteiger partial charge in [-0.15, -0.1) is 0 Å². The van der Waals surface area contributed by atoms with Crippen LogP contribution in [0.3, 0.4) is 0 Å². The molecular weight excluding hydrogens is 352 g/mol. The van der Waals surface area contributed by atoms with Crippen LogP contribution in [0.1, 0.15) is 0 Å². The third-order valence-electron chi connectivity index (χ3n) is 0. The normalized spacial score (nSPS) is 0. The van der Waals surface area contributed by atoms with Gasteiger partial charge in [-0.05, 0) is 0 Å². The molecule has 0 aliphatic heterocycles. The molecule has 4 heteroatoms. The molecule has 0 aliphatic rings. The first-order chi connectivity index (χ1) is 0. The van der Waals surface area contributed by atoms with Gasteiger partial charge < -0.3 is 11.0 Å². The van der Waals surface area contributed by atoms with Gasteiger partial charge in [0.05, 0.1) is 0 Å². The first-order valence-electron chi connectivity index (χ1n) is 0. The van der Waals surface area contributed by atoms with Crippen molar-refractivity contribution in [3.8, 4) is 0 Å². The van der Waals surface area contributed by atoms with E-state index in [-0.39, 0.29) is 65.5 Å². The fourth-order valence-electron chi connectivity index (χ4n) is 0. The van der Waals surface area contributed by atoms with Crippen molar-refractivity contribution in [2.45, 2.75) is 0 Å². The Kier molecular flexibility index (Phi) is 228. The van der Waals surface area contributed by atoms with Crippen molar-refractivity contribution >= 4 is 27.3 Å². The van der Waals surface area contributed by atoms with Crippen LogP contribution in [-0.2, 0) is 38.3 Å². The van der Waals surface area contributed by atoms with Gasteiger partial charge in [-0.3, -0.25) is 0 Å². The Labute approximate surface area is 64.9 Å². The molecule has 0 N–H and O–H groups in total. The maximum absolute atomic E-state index is 0.